The number of H-pyrrole nitrogens is 1. The van der Waals surface area contributed by atoms with Gasteiger partial charge in [-0.25, -0.2) is 4.39 Å². The first-order valence-electron chi connectivity index (χ1n) is 6.71. The topological polar surface area (TPSA) is 62.7 Å². The van der Waals surface area contributed by atoms with E-state index in [2.05, 4.69) is 15.5 Å². The quantitative estimate of drug-likeness (QED) is 0.834. The Morgan fingerprint density at radius 1 is 1.52 bits per heavy atom. The van der Waals surface area contributed by atoms with E-state index in [4.69, 9.17) is 12.2 Å². The molecule has 0 radical (unpaired) electrons. The molecule has 2 aromatic rings. The standard InChI is InChI=1S/C14H17FN4OS/c1-3-19-12(17-18-14(19)21)6-7-16-13(20)11-8-10(15)5-4-9(11)2/h4-5,8H,3,6-7H2,1-2H3,(H,16,20)(H,18,21). The predicted octanol–water partition coefficient (Wildman–Crippen LogP) is 2.38. The first kappa shape index (κ1) is 15.4. The van der Waals surface area contributed by atoms with Crippen LogP contribution in [0.1, 0.15) is 28.7 Å². The van der Waals surface area contributed by atoms with E-state index in [1.54, 1.807) is 13.0 Å². The fraction of sp³-hybridized carbons (Fsp3) is 0.357. The third kappa shape index (κ3) is 3.55. The lowest BCUT2D eigenvalue weighted by Gasteiger charge is -2.08. The molecule has 2 rings (SSSR count). The highest BCUT2D eigenvalue weighted by Crippen LogP contribution is 2.10. The molecule has 0 saturated heterocycles. The van der Waals surface area contributed by atoms with Gasteiger partial charge in [0.25, 0.3) is 5.91 Å². The molecule has 0 bridgehead atoms. The number of carbonyl (C=O) groups excluding carboxylic acids is 1. The molecule has 21 heavy (non-hydrogen) atoms. The fourth-order valence-electron chi connectivity index (χ4n) is 2.09. The fourth-order valence-corrected chi connectivity index (χ4v) is 2.37. The number of nitrogens with zero attached hydrogens (tertiary/aromatic N) is 2. The molecule has 1 heterocycles. The van der Waals surface area contributed by atoms with Gasteiger partial charge in [0.1, 0.15) is 11.6 Å². The first-order valence-corrected chi connectivity index (χ1v) is 7.12. The number of aryl methyl sites for hydroxylation is 1. The van der Waals surface area contributed by atoms with Gasteiger partial charge >= 0.3 is 0 Å². The van der Waals surface area contributed by atoms with E-state index in [0.29, 0.717) is 23.3 Å². The number of aromatic amines is 1. The monoisotopic (exact) mass is 308 g/mol. The Bertz CT molecular complexity index is 707. The summed E-state index contributed by atoms with van der Waals surface area (Å²) in [6.45, 7) is 4.89. The Morgan fingerprint density at radius 3 is 3.00 bits per heavy atom. The van der Waals surface area contributed by atoms with Crippen molar-refractivity contribution in [3.05, 3.63) is 45.7 Å². The van der Waals surface area contributed by atoms with Crippen molar-refractivity contribution in [2.75, 3.05) is 6.54 Å². The Morgan fingerprint density at radius 2 is 2.29 bits per heavy atom. The average Bonchev–Trinajstić information content (AvgIpc) is 2.81. The number of rotatable bonds is 5. The van der Waals surface area contributed by atoms with Crippen LogP contribution in [0.15, 0.2) is 18.2 Å². The summed E-state index contributed by atoms with van der Waals surface area (Å²) < 4.78 is 15.6. The summed E-state index contributed by atoms with van der Waals surface area (Å²) in [5.74, 6) is 0.0839. The maximum Gasteiger partial charge on any atom is 0.251 e. The molecule has 0 saturated carbocycles. The molecule has 2 N–H and O–H groups in total. The minimum absolute atomic E-state index is 0.288. The molecule has 112 valence electrons. The Labute approximate surface area is 127 Å². The number of aromatic nitrogens is 3. The van der Waals surface area contributed by atoms with E-state index >= 15 is 0 Å². The Kier molecular flexibility index (Phi) is 4.85. The molecule has 1 aromatic carbocycles. The van der Waals surface area contributed by atoms with Crippen molar-refractivity contribution in [1.29, 1.82) is 0 Å². The van der Waals surface area contributed by atoms with Crippen LogP contribution >= 0.6 is 12.2 Å². The van der Waals surface area contributed by atoms with Gasteiger partial charge in [-0.1, -0.05) is 6.07 Å². The summed E-state index contributed by atoms with van der Waals surface area (Å²) in [5, 5.41) is 9.62. The minimum atomic E-state index is -0.419. The second-order valence-electron chi connectivity index (χ2n) is 4.65. The van der Waals surface area contributed by atoms with Crippen molar-refractivity contribution in [2.45, 2.75) is 26.8 Å². The van der Waals surface area contributed by atoms with Crippen LogP contribution < -0.4 is 5.32 Å². The van der Waals surface area contributed by atoms with Crippen molar-refractivity contribution in [3.63, 3.8) is 0 Å². The second-order valence-corrected chi connectivity index (χ2v) is 5.04. The van der Waals surface area contributed by atoms with Crippen LogP contribution in [-0.4, -0.2) is 27.2 Å². The Hall–Kier alpha value is -2.02. The largest absolute Gasteiger partial charge is 0.352 e. The predicted molar refractivity (Wildman–Crippen MR) is 80.3 cm³/mol. The summed E-state index contributed by atoms with van der Waals surface area (Å²) >= 11 is 5.10. The number of hydrogen-bond acceptors (Lipinski definition) is 3. The van der Waals surface area contributed by atoms with E-state index < -0.39 is 5.82 Å². The lowest BCUT2D eigenvalue weighted by atomic mass is 10.1. The molecule has 0 atom stereocenters. The van der Waals surface area contributed by atoms with E-state index in [1.165, 1.54) is 12.1 Å². The van der Waals surface area contributed by atoms with Crippen molar-refractivity contribution in [3.8, 4) is 0 Å². The van der Waals surface area contributed by atoms with Crippen molar-refractivity contribution in [1.82, 2.24) is 20.1 Å². The van der Waals surface area contributed by atoms with Crippen molar-refractivity contribution < 1.29 is 9.18 Å². The van der Waals surface area contributed by atoms with Gasteiger partial charge in [0.05, 0.1) is 0 Å². The molecule has 0 spiro atoms. The summed E-state index contributed by atoms with van der Waals surface area (Å²) in [6, 6.07) is 4.17. The van der Waals surface area contributed by atoms with Gasteiger partial charge in [0, 0.05) is 25.1 Å². The maximum absolute atomic E-state index is 13.2. The summed E-state index contributed by atoms with van der Waals surface area (Å²) in [4.78, 5) is 12.0. The van der Waals surface area contributed by atoms with Crippen LogP contribution in [0.5, 0.6) is 0 Å². The molecule has 0 fully saturated rings. The molecule has 7 heteroatoms. The van der Waals surface area contributed by atoms with Crippen molar-refractivity contribution >= 4 is 18.1 Å². The van der Waals surface area contributed by atoms with Gasteiger partial charge in [0.2, 0.25) is 0 Å². The second kappa shape index (κ2) is 6.62. The SMILES string of the molecule is CCn1c(CCNC(=O)c2cc(F)ccc2C)n[nH]c1=S. The van der Waals surface area contributed by atoms with E-state index in [9.17, 15) is 9.18 Å². The van der Waals surface area contributed by atoms with Gasteiger partial charge in [-0.3, -0.25) is 9.89 Å². The molecule has 1 amide bonds. The highest BCUT2D eigenvalue weighted by atomic mass is 32.1. The van der Waals surface area contributed by atoms with Gasteiger partial charge in [-0.15, -0.1) is 0 Å². The minimum Gasteiger partial charge on any atom is -0.352 e. The van der Waals surface area contributed by atoms with Crippen LogP contribution in [0.25, 0.3) is 0 Å². The van der Waals surface area contributed by atoms with Crippen molar-refractivity contribution in [2.24, 2.45) is 0 Å². The molecule has 0 aliphatic heterocycles. The average molecular weight is 308 g/mol. The van der Waals surface area contributed by atoms with Crippen LogP contribution in [0, 0.1) is 17.5 Å². The number of nitrogens with one attached hydrogen (secondary N) is 2. The number of halogens is 1. The van der Waals surface area contributed by atoms with E-state index in [1.807, 2.05) is 11.5 Å². The lowest BCUT2D eigenvalue weighted by molar-refractivity contribution is 0.0953. The maximum atomic E-state index is 13.2. The normalized spacial score (nSPS) is 10.6. The zero-order chi connectivity index (χ0) is 15.4. The van der Waals surface area contributed by atoms with Crippen LogP contribution in [0.4, 0.5) is 4.39 Å². The van der Waals surface area contributed by atoms with Gasteiger partial charge < -0.3 is 9.88 Å². The molecular weight excluding hydrogens is 291 g/mol. The van der Waals surface area contributed by atoms with Crippen LogP contribution in [0.3, 0.4) is 0 Å². The molecule has 1 aromatic heterocycles. The first-order chi connectivity index (χ1) is 10.0. The summed E-state index contributed by atoms with van der Waals surface area (Å²) in [7, 11) is 0. The molecule has 0 aliphatic carbocycles. The van der Waals surface area contributed by atoms with Crippen LogP contribution in [0.2, 0.25) is 0 Å². The molecular formula is C14H17FN4OS. The third-order valence-corrected chi connectivity index (χ3v) is 3.54. The summed E-state index contributed by atoms with van der Waals surface area (Å²) in [5.41, 5.74) is 1.09. The zero-order valence-electron chi connectivity index (χ0n) is 11.9. The summed E-state index contributed by atoms with van der Waals surface area (Å²) in [6.07, 6.45) is 0.557. The Balaban J connectivity index is 1.98. The van der Waals surface area contributed by atoms with E-state index in [0.717, 1.165) is 17.9 Å². The van der Waals surface area contributed by atoms with Gasteiger partial charge in [0.15, 0.2) is 4.77 Å². The number of benzene rings is 1. The molecule has 0 aliphatic rings. The molecule has 5 nitrogen and oxygen atoms in total. The van der Waals surface area contributed by atoms with E-state index in [-0.39, 0.29) is 5.91 Å². The number of hydrogen-bond donors (Lipinski definition) is 2. The highest BCUT2D eigenvalue weighted by molar-refractivity contribution is 7.71. The number of amides is 1. The number of carbonyl (C=O) groups is 1. The smallest absolute Gasteiger partial charge is 0.251 e. The lowest BCUT2D eigenvalue weighted by Crippen LogP contribution is -2.27. The zero-order valence-corrected chi connectivity index (χ0v) is 12.8. The van der Waals surface area contributed by atoms with Crippen LogP contribution in [-0.2, 0) is 13.0 Å². The van der Waals surface area contributed by atoms with Gasteiger partial charge in [-0.05, 0) is 43.8 Å². The highest BCUT2D eigenvalue weighted by Gasteiger charge is 2.10. The third-order valence-electron chi connectivity index (χ3n) is 3.23. The molecule has 0 unspecified atom stereocenters. The van der Waals surface area contributed by atoms with Gasteiger partial charge in [-0.2, -0.15) is 5.10 Å².